The van der Waals surface area contributed by atoms with Crippen molar-refractivity contribution >= 4 is 49.8 Å². The number of anilines is 3. The SMILES string of the molecule is CC1(C)c2ccccc2-c2ccc(N(c3ccc4c(c3)C(C)(C)c3cc(-c5ccc6ccccc6c5)ccc3-4)c3ccc4c(c3)C(C)(C)c3cc(-c5ccc6oc7ccccc7c6c5)ccc3-4)cc21. The third-order valence-electron chi connectivity index (χ3n) is 16.5. The van der Waals surface area contributed by atoms with Crippen LogP contribution in [0.15, 0.2) is 205 Å². The zero-order valence-corrected chi connectivity index (χ0v) is 39.9. The summed E-state index contributed by atoms with van der Waals surface area (Å²) in [5, 5.41) is 4.84. The molecule has 0 unspecified atom stereocenters. The van der Waals surface area contributed by atoms with Gasteiger partial charge in [-0.2, -0.15) is 0 Å². The number of fused-ring (bicyclic) bond motifs is 13. The van der Waals surface area contributed by atoms with E-state index < -0.39 is 0 Å². The Balaban J connectivity index is 0.886. The van der Waals surface area contributed by atoms with Crippen molar-refractivity contribution in [2.75, 3.05) is 4.90 Å². The van der Waals surface area contributed by atoms with Crippen molar-refractivity contribution in [3.63, 3.8) is 0 Å². The molecule has 11 aromatic rings. The van der Waals surface area contributed by atoms with E-state index in [2.05, 4.69) is 241 Å². The summed E-state index contributed by atoms with van der Waals surface area (Å²) in [6, 6.07) is 75.2. The lowest BCUT2D eigenvalue weighted by molar-refractivity contribution is 0.659. The van der Waals surface area contributed by atoms with Crippen molar-refractivity contribution in [3.8, 4) is 55.6 Å². The van der Waals surface area contributed by atoms with Gasteiger partial charge in [0, 0.05) is 44.1 Å². The second-order valence-corrected chi connectivity index (χ2v) is 21.3. The molecule has 10 aromatic carbocycles. The van der Waals surface area contributed by atoms with Crippen LogP contribution in [0.1, 0.15) is 74.9 Å². The van der Waals surface area contributed by atoms with Crippen molar-refractivity contribution in [3.05, 3.63) is 234 Å². The fourth-order valence-electron chi connectivity index (χ4n) is 12.6. The Hall–Kier alpha value is -7.94. The molecule has 2 nitrogen and oxygen atoms in total. The Bertz CT molecular complexity index is 4010. The average molecular weight is 886 g/mol. The second-order valence-electron chi connectivity index (χ2n) is 21.3. The fraction of sp³-hybridized carbons (Fsp3) is 0.134. The van der Waals surface area contributed by atoms with Crippen LogP contribution in [0.5, 0.6) is 0 Å². The number of nitrogens with zero attached hydrogens (tertiary/aromatic N) is 1. The molecule has 14 rings (SSSR count). The molecule has 0 fully saturated rings. The van der Waals surface area contributed by atoms with Crippen LogP contribution >= 0.6 is 0 Å². The lowest BCUT2D eigenvalue weighted by Crippen LogP contribution is -2.19. The summed E-state index contributed by atoms with van der Waals surface area (Å²) < 4.78 is 6.21. The van der Waals surface area contributed by atoms with Crippen molar-refractivity contribution in [1.29, 1.82) is 0 Å². The molecule has 0 bridgehead atoms. The smallest absolute Gasteiger partial charge is 0.135 e. The van der Waals surface area contributed by atoms with E-state index in [1.165, 1.54) is 105 Å². The maximum Gasteiger partial charge on any atom is 0.135 e. The molecule has 0 spiro atoms. The van der Waals surface area contributed by atoms with Crippen molar-refractivity contribution in [2.45, 2.75) is 57.8 Å². The molecule has 1 aromatic heterocycles. The van der Waals surface area contributed by atoms with Gasteiger partial charge in [0.2, 0.25) is 0 Å². The first-order valence-corrected chi connectivity index (χ1v) is 24.5. The van der Waals surface area contributed by atoms with Crippen LogP contribution in [-0.4, -0.2) is 0 Å². The fourth-order valence-corrected chi connectivity index (χ4v) is 12.6. The molecule has 0 aliphatic heterocycles. The van der Waals surface area contributed by atoms with Gasteiger partial charge in [0.25, 0.3) is 0 Å². The van der Waals surface area contributed by atoms with Crippen LogP contribution in [0.3, 0.4) is 0 Å². The Morgan fingerprint density at radius 3 is 1.30 bits per heavy atom. The van der Waals surface area contributed by atoms with E-state index in [1.807, 2.05) is 6.07 Å². The first-order chi connectivity index (χ1) is 33.4. The van der Waals surface area contributed by atoms with Crippen LogP contribution in [0.2, 0.25) is 0 Å². The minimum atomic E-state index is -0.235. The van der Waals surface area contributed by atoms with E-state index >= 15 is 0 Å². The van der Waals surface area contributed by atoms with E-state index in [0.717, 1.165) is 33.3 Å². The summed E-state index contributed by atoms with van der Waals surface area (Å²) in [5.41, 5.74) is 25.8. The number of furan rings is 1. The van der Waals surface area contributed by atoms with E-state index in [-0.39, 0.29) is 16.2 Å². The molecule has 0 amide bonds. The molecule has 0 radical (unpaired) electrons. The highest BCUT2D eigenvalue weighted by Crippen LogP contribution is 2.56. The highest BCUT2D eigenvalue weighted by molar-refractivity contribution is 6.06. The maximum atomic E-state index is 6.21. The number of rotatable bonds is 5. The summed E-state index contributed by atoms with van der Waals surface area (Å²) in [4.78, 5) is 2.52. The molecule has 0 N–H and O–H groups in total. The molecule has 0 atom stereocenters. The summed E-state index contributed by atoms with van der Waals surface area (Å²) >= 11 is 0. The zero-order valence-electron chi connectivity index (χ0n) is 39.9. The molecule has 69 heavy (non-hydrogen) atoms. The van der Waals surface area contributed by atoms with E-state index in [1.54, 1.807) is 0 Å². The first kappa shape index (κ1) is 40.2. The average Bonchev–Trinajstić information content (AvgIpc) is 4.01. The van der Waals surface area contributed by atoms with Gasteiger partial charge >= 0.3 is 0 Å². The molecule has 0 saturated heterocycles. The van der Waals surface area contributed by atoms with Gasteiger partial charge in [0.1, 0.15) is 11.2 Å². The predicted octanol–water partition coefficient (Wildman–Crippen LogP) is 18.5. The van der Waals surface area contributed by atoms with Gasteiger partial charge in [-0.05, 0) is 173 Å². The minimum absolute atomic E-state index is 0.132. The van der Waals surface area contributed by atoms with Crippen LogP contribution in [0, 0.1) is 0 Å². The van der Waals surface area contributed by atoms with E-state index in [9.17, 15) is 0 Å². The Kier molecular flexibility index (Phi) is 8.18. The normalized spacial score (nSPS) is 15.2. The molecule has 330 valence electrons. The third-order valence-corrected chi connectivity index (χ3v) is 16.5. The molecule has 3 aliphatic carbocycles. The number of hydrogen-bond acceptors (Lipinski definition) is 2. The van der Waals surface area contributed by atoms with Crippen molar-refractivity contribution in [1.82, 2.24) is 0 Å². The molecular weight excluding hydrogens is 835 g/mol. The lowest BCUT2D eigenvalue weighted by atomic mass is 9.81. The molecular formula is C67H51NO. The predicted molar refractivity (Wildman–Crippen MR) is 289 cm³/mol. The topological polar surface area (TPSA) is 16.4 Å². The number of hydrogen-bond donors (Lipinski definition) is 0. The third kappa shape index (κ3) is 5.72. The van der Waals surface area contributed by atoms with E-state index in [4.69, 9.17) is 4.42 Å². The van der Waals surface area contributed by atoms with Gasteiger partial charge in [-0.1, -0.05) is 169 Å². The monoisotopic (exact) mass is 885 g/mol. The Labute approximate surface area is 404 Å². The van der Waals surface area contributed by atoms with Crippen molar-refractivity contribution < 1.29 is 4.42 Å². The second kappa shape index (κ2) is 14.1. The van der Waals surface area contributed by atoms with Gasteiger partial charge in [0.05, 0.1) is 0 Å². The summed E-state index contributed by atoms with van der Waals surface area (Å²) in [6.45, 7) is 14.4. The van der Waals surface area contributed by atoms with Crippen LogP contribution in [0.4, 0.5) is 17.1 Å². The maximum absolute atomic E-state index is 6.21. The highest BCUT2D eigenvalue weighted by atomic mass is 16.3. The minimum Gasteiger partial charge on any atom is -0.456 e. The largest absolute Gasteiger partial charge is 0.456 e. The van der Waals surface area contributed by atoms with Gasteiger partial charge in [-0.25, -0.2) is 0 Å². The van der Waals surface area contributed by atoms with Crippen LogP contribution in [-0.2, 0) is 16.2 Å². The van der Waals surface area contributed by atoms with Crippen molar-refractivity contribution in [2.24, 2.45) is 0 Å². The quantitative estimate of drug-likeness (QED) is 0.171. The lowest BCUT2D eigenvalue weighted by Gasteiger charge is -2.31. The van der Waals surface area contributed by atoms with Gasteiger partial charge < -0.3 is 9.32 Å². The van der Waals surface area contributed by atoms with E-state index in [0.29, 0.717) is 0 Å². The summed E-state index contributed by atoms with van der Waals surface area (Å²) in [7, 11) is 0. The van der Waals surface area contributed by atoms with Crippen LogP contribution in [0.25, 0.3) is 88.3 Å². The number of benzene rings is 10. The highest BCUT2D eigenvalue weighted by Gasteiger charge is 2.40. The molecule has 1 heterocycles. The molecule has 2 heteroatoms. The Morgan fingerprint density at radius 1 is 0.290 bits per heavy atom. The number of para-hydroxylation sites is 1. The molecule has 3 aliphatic rings. The van der Waals surface area contributed by atoms with Gasteiger partial charge in [-0.15, -0.1) is 0 Å². The zero-order chi connectivity index (χ0) is 46.6. The van der Waals surface area contributed by atoms with Crippen LogP contribution < -0.4 is 4.90 Å². The van der Waals surface area contributed by atoms with Gasteiger partial charge in [0.15, 0.2) is 0 Å². The first-order valence-electron chi connectivity index (χ1n) is 24.5. The molecule has 0 saturated carbocycles. The summed E-state index contributed by atoms with van der Waals surface area (Å²) in [6.07, 6.45) is 0. The van der Waals surface area contributed by atoms with Gasteiger partial charge in [-0.3, -0.25) is 0 Å². The Morgan fingerprint density at radius 2 is 0.696 bits per heavy atom. The standard InChI is InChI=1S/C67H51NO/c1-65(2)57-17-11-9-15-49(57)52-29-24-46(37-60(52)65)68(47-25-30-53-50-27-21-44(35-58(50)66(3,4)61(53)38-47)42-20-19-40-13-7-8-14-41(40)33-42)48-26-31-54-51-28-22-45(36-59(51)67(5,6)62(54)39-48)43-23-32-64-56(34-43)55-16-10-12-18-63(55)69-64/h7-39H,1-6H3. The summed E-state index contributed by atoms with van der Waals surface area (Å²) in [5.74, 6) is 0.